The summed E-state index contributed by atoms with van der Waals surface area (Å²) in [5.41, 5.74) is 4.27. The molecule has 206 valence electrons. The van der Waals surface area contributed by atoms with Gasteiger partial charge in [0.15, 0.2) is 0 Å². The normalized spacial score (nSPS) is 13.7. The first-order valence-corrected chi connectivity index (χ1v) is 14.7. The fourth-order valence-corrected chi connectivity index (χ4v) is 5.52. The number of hydrogen-bond donors (Lipinski definition) is 2. The molecule has 5 nitrogen and oxygen atoms in total. The van der Waals surface area contributed by atoms with Crippen molar-refractivity contribution in [1.29, 1.82) is 0 Å². The largest absolute Gasteiger partial charge is 0.351 e. The van der Waals surface area contributed by atoms with E-state index in [1.54, 1.807) is 12.1 Å². The molecule has 1 aliphatic carbocycles. The van der Waals surface area contributed by atoms with Crippen molar-refractivity contribution in [2.75, 3.05) is 31.2 Å². The summed E-state index contributed by atoms with van der Waals surface area (Å²) in [6.07, 6.45) is 8.90. The average molecular weight is 566 g/mol. The Morgan fingerprint density at radius 1 is 1.00 bits per heavy atom. The van der Waals surface area contributed by atoms with Crippen LogP contribution in [-0.2, 0) is 6.42 Å². The van der Waals surface area contributed by atoms with Crippen molar-refractivity contribution < 1.29 is 4.39 Å². The Labute approximate surface area is 240 Å². The monoisotopic (exact) mass is 565 g/mol. The van der Waals surface area contributed by atoms with Crippen LogP contribution in [0.4, 0.5) is 16.0 Å². The Hall–Kier alpha value is -2.87. The Morgan fingerprint density at radius 2 is 1.74 bits per heavy atom. The average Bonchev–Trinajstić information content (AvgIpc) is 2.93. The van der Waals surface area contributed by atoms with Crippen LogP contribution in [0, 0.1) is 5.82 Å². The number of anilines is 2. The van der Waals surface area contributed by atoms with Crippen molar-refractivity contribution in [3.63, 3.8) is 0 Å². The number of nitrogens with zero attached hydrogens (tertiary/aromatic N) is 3. The summed E-state index contributed by atoms with van der Waals surface area (Å²) >= 11 is 7.49. The van der Waals surface area contributed by atoms with Gasteiger partial charge in [-0.3, -0.25) is 0 Å². The summed E-state index contributed by atoms with van der Waals surface area (Å²) in [4.78, 5) is 12.3. The lowest BCUT2D eigenvalue weighted by Gasteiger charge is -2.22. The minimum absolute atomic E-state index is 0.316. The van der Waals surface area contributed by atoms with Crippen molar-refractivity contribution in [2.45, 2.75) is 56.4 Å². The number of aryl methyl sites for hydroxylation is 1. The predicted molar refractivity (Wildman–Crippen MR) is 165 cm³/mol. The van der Waals surface area contributed by atoms with Gasteiger partial charge in [0.1, 0.15) is 5.82 Å². The maximum absolute atomic E-state index is 15.0. The van der Waals surface area contributed by atoms with E-state index in [2.05, 4.69) is 28.0 Å². The molecule has 1 heterocycles. The lowest BCUT2D eigenvalue weighted by Crippen LogP contribution is -2.23. The smallest absolute Gasteiger partial charge is 0.223 e. The topological polar surface area (TPSA) is 53.1 Å². The molecule has 8 heteroatoms. The Balaban J connectivity index is 0.000000826. The quantitative estimate of drug-likeness (QED) is 0.219. The molecule has 0 unspecified atom stereocenters. The number of benzene rings is 3. The molecule has 0 spiro atoms. The Morgan fingerprint density at radius 3 is 2.44 bits per heavy atom. The van der Waals surface area contributed by atoms with Crippen LogP contribution in [0.15, 0.2) is 65.7 Å². The second-order valence-corrected chi connectivity index (χ2v) is 11.5. The van der Waals surface area contributed by atoms with Crippen LogP contribution in [0.5, 0.6) is 0 Å². The van der Waals surface area contributed by atoms with E-state index in [1.807, 2.05) is 68.6 Å². The van der Waals surface area contributed by atoms with Crippen molar-refractivity contribution in [3.05, 3.63) is 77.2 Å². The minimum atomic E-state index is -0.316. The van der Waals surface area contributed by atoms with Crippen LogP contribution in [0.3, 0.4) is 0 Å². The number of hydrogen-bond acceptors (Lipinski definition) is 6. The predicted octanol–water partition coefficient (Wildman–Crippen LogP) is 8.69. The van der Waals surface area contributed by atoms with Gasteiger partial charge >= 0.3 is 0 Å². The van der Waals surface area contributed by atoms with Crippen molar-refractivity contribution >= 4 is 46.1 Å². The number of halogens is 2. The standard InChI is InChI=1S/C28H28ClFN4S.C3H9N/c1-2-18-14-20(15-21-17-31-28(33-27(18)21)32-22-8-4-3-5-9-22)19-12-13-25(24(30)16-19)34-35-26-11-7-6-10-23(26)29;1-4(2)3/h6-7,10-17,22,34H,2-5,8-9H2,1H3,(H,31,32,33);1-3H3. The number of fused-ring (bicyclic) bond motifs is 1. The second kappa shape index (κ2) is 14.0. The van der Waals surface area contributed by atoms with E-state index in [4.69, 9.17) is 16.6 Å². The third-order valence-electron chi connectivity index (χ3n) is 6.49. The van der Waals surface area contributed by atoms with Crippen LogP contribution in [0.25, 0.3) is 22.0 Å². The summed E-state index contributed by atoms with van der Waals surface area (Å²) in [6, 6.07) is 17.3. The molecule has 0 radical (unpaired) electrons. The van der Waals surface area contributed by atoms with Gasteiger partial charge in [0.25, 0.3) is 0 Å². The fraction of sp³-hybridized carbons (Fsp3) is 0.355. The van der Waals surface area contributed by atoms with Gasteiger partial charge in [-0.2, -0.15) is 0 Å². The highest BCUT2D eigenvalue weighted by Gasteiger charge is 2.15. The van der Waals surface area contributed by atoms with Gasteiger partial charge in [-0.05, 0) is 105 Å². The van der Waals surface area contributed by atoms with Crippen molar-refractivity contribution in [3.8, 4) is 11.1 Å². The summed E-state index contributed by atoms with van der Waals surface area (Å²) in [5, 5.41) is 5.12. The molecule has 0 atom stereocenters. The van der Waals surface area contributed by atoms with E-state index in [1.165, 1.54) is 44.1 Å². The summed E-state index contributed by atoms with van der Waals surface area (Å²) in [6.45, 7) is 2.12. The van der Waals surface area contributed by atoms with Gasteiger partial charge in [0, 0.05) is 22.5 Å². The SMILES string of the molecule is CCc1cc(-c2ccc(NSc3ccccc3Cl)c(F)c2)cc2cnc(NC3CCCCC3)nc12.CN(C)C. The Bertz CT molecular complexity index is 1390. The van der Waals surface area contributed by atoms with E-state index < -0.39 is 0 Å². The zero-order chi connectivity index (χ0) is 27.8. The molecule has 4 aromatic rings. The molecule has 5 rings (SSSR count). The number of rotatable bonds is 7. The van der Waals surface area contributed by atoms with Crippen LogP contribution in [0.1, 0.15) is 44.6 Å². The van der Waals surface area contributed by atoms with E-state index in [0.29, 0.717) is 22.7 Å². The highest BCUT2D eigenvalue weighted by atomic mass is 35.5. The lowest BCUT2D eigenvalue weighted by molar-refractivity contribution is 0.461. The lowest BCUT2D eigenvalue weighted by atomic mass is 9.96. The first-order chi connectivity index (χ1) is 18.8. The molecular formula is C31H37ClFN5S. The highest BCUT2D eigenvalue weighted by molar-refractivity contribution is 8.00. The third-order valence-corrected chi connectivity index (χ3v) is 7.83. The van der Waals surface area contributed by atoms with Gasteiger partial charge in [-0.25, -0.2) is 14.4 Å². The molecule has 0 aliphatic heterocycles. The first-order valence-electron chi connectivity index (χ1n) is 13.5. The van der Waals surface area contributed by atoms with E-state index in [-0.39, 0.29) is 5.82 Å². The molecule has 0 bridgehead atoms. The summed E-state index contributed by atoms with van der Waals surface area (Å²) in [5.74, 6) is 0.382. The van der Waals surface area contributed by atoms with Gasteiger partial charge in [-0.1, -0.05) is 56.0 Å². The molecule has 1 fully saturated rings. The molecule has 39 heavy (non-hydrogen) atoms. The van der Waals surface area contributed by atoms with E-state index in [0.717, 1.165) is 38.9 Å². The Kier molecular flexibility index (Phi) is 10.4. The molecule has 2 N–H and O–H groups in total. The van der Waals surface area contributed by atoms with Crippen LogP contribution in [-0.4, -0.2) is 42.1 Å². The van der Waals surface area contributed by atoms with Crippen molar-refractivity contribution in [1.82, 2.24) is 14.9 Å². The zero-order valence-corrected chi connectivity index (χ0v) is 24.7. The van der Waals surface area contributed by atoms with Gasteiger partial charge < -0.3 is 14.9 Å². The van der Waals surface area contributed by atoms with Crippen molar-refractivity contribution in [2.24, 2.45) is 0 Å². The van der Waals surface area contributed by atoms with Gasteiger partial charge in [-0.15, -0.1) is 0 Å². The number of nitrogens with one attached hydrogen (secondary N) is 2. The van der Waals surface area contributed by atoms with Gasteiger partial charge in [0.05, 0.1) is 16.2 Å². The molecule has 1 aromatic heterocycles. The highest BCUT2D eigenvalue weighted by Crippen LogP contribution is 2.33. The molecule has 1 saturated carbocycles. The summed E-state index contributed by atoms with van der Waals surface area (Å²) in [7, 11) is 6.00. The van der Waals surface area contributed by atoms with Crippen LogP contribution in [0.2, 0.25) is 5.02 Å². The minimum Gasteiger partial charge on any atom is -0.351 e. The second-order valence-electron chi connectivity index (χ2n) is 10.3. The molecule has 0 saturated heterocycles. The van der Waals surface area contributed by atoms with Crippen LogP contribution >= 0.6 is 23.5 Å². The van der Waals surface area contributed by atoms with E-state index in [9.17, 15) is 4.39 Å². The third kappa shape index (κ3) is 8.07. The first kappa shape index (κ1) is 29.1. The molecular weight excluding hydrogens is 529 g/mol. The number of aromatic nitrogens is 2. The molecule has 3 aromatic carbocycles. The van der Waals surface area contributed by atoms with Crippen LogP contribution < -0.4 is 10.0 Å². The van der Waals surface area contributed by atoms with Gasteiger partial charge in [0.2, 0.25) is 5.95 Å². The summed E-state index contributed by atoms with van der Waals surface area (Å²) < 4.78 is 18.0. The zero-order valence-electron chi connectivity index (χ0n) is 23.1. The molecule has 0 amide bonds. The fourth-order valence-electron chi connectivity index (χ4n) is 4.57. The maximum Gasteiger partial charge on any atom is 0.223 e. The molecule has 1 aliphatic rings. The maximum atomic E-state index is 15.0. The van der Waals surface area contributed by atoms with E-state index >= 15 is 0 Å².